The van der Waals surface area contributed by atoms with Gasteiger partial charge in [-0.1, -0.05) is 271 Å². The van der Waals surface area contributed by atoms with E-state index in [9.17, 15) is 5.11 Å². The van der Waals surface area contributed by atoms with Gasteiger partial charge in [-0.25, -0.2) is 9.97 Å². The predicted molar refractivity (Wildman–Crippen MR) is 449 cm³/mol. The predicted octanol–water partition coefficient (Wildman–Crippen LogP) is 27.3. The van der Waals surface area contributed by atoms with Gasteiger partial charge >= 0.3 is 0 Å². The molecule has 1 N–H and O–H groups in total. The Morgan fingerprint density at radius 3 is 1.45 bits per heavy atom. The second-order valence-electron chi connectivity index (χ2n) is 32.1. The second-order valence-corrected chi connectivity index (χ2v) is 32.1. The topological polar surface area (TPSA) is 64.1 Å². The van der Waals surface area contributed by atoms with Crippen molar-refractivity contribution in [1.29, 1.82) is 0 Å². The normalized spacial score (nSPS) is 12.2. The molecule has 0 spiro atoms. The molecule has 108 heavy (non-hydrogen) atoms. The van der Waals surface area contributed by atoms with Gasteiger partial charge in [0.05, 0.1) is 28.0 Å². The van der Waals surface area contributed by atoms with E-state index in [-0.39, 0.29) is 37.6 Å². The number of hydrogen-bond donors (Lipinski definition) is 1. The molecule has 0 unspecified atom stereocenters. The summed E-state index contributed by atoms with van der Waals surface area (Å²) in [5.41, 5.74) is 39.5. The smallest absolute Gasteiger partial charge is 0.163 e. The zero-order valence-electron chi connectivity index (χ0n) is 64.1. The van der Waals surface area contributed by atoms with Crippen LogP contribution >= 0.6 is 0 Å². The molecule has 0 saturated heterocycles. The average Bonchev–Trinajstić information content (AvgIpc) is 1.47. The Bertz CT molecular complexity index is 6050. The largest absolute Gasteiger partial charge is 0.507 e. The number of nitrogens with zero attached hydrogens (tertiary/aromatic N) is 3. The fourth-order valence-electron chi connectivity index (χ4n) is 17.5. The number of furan rings is 1. The van der Waals surface area contributed by atoms with Crippen LogP contribution in [-0.4, -0.2) is 19.6 Å². The zero-order valence-corrected chi connectivity index (χ0v) is 66.4. The van der Waals surface area contributed by atoms with Crippen molar-refractivity contribution in [2.45, 2.75) is 121 Å². The number of aromatic nitrogens is 3. The summed E-state index contributed by atoms with van der Waals surface area (Å²) in [6.45, 7) is 31.8. The SMILES string of the molecule is Cc1cc(C)c(-c2cccc(-c3c(C)cc(C)cc3C)c2-c2ccc3c(nc(-c4ccc5c(n4)-c4c(O)cccc4CC5)n3-c3c(C)cccc3C)c2-c2[c-]c(-c3c(-c4cc(-c5ccccc5)cc(C(C)(C)C)c4)cccc3-c3cc(-c4ccccc4)cc(C(C)(C)C)c3)c3c(c2)oc2ccccc23)c(C)c1.[Pt]. The summed E-state index contributed by atoms with van der Waals surface area (Å²) in [6, 6.07) is 96.1. The third kappa shape index (κ3) is 12.4. The molecule has 1 aliphatic carbocycles. The Hall–Kier alpha value is -11.2. The second kappa shape index (κ2) is 27.5. The molecule has 0 fully saturated rings. The van der Waals surface area contributed by atoms with Crippen molar-refractivity contribution < 1.29 is 30.6 Å². The quantitative estimate of drug-likeness (QED) is 0.131. The molecule has 0 amide bonds. The van der Waals surface area contributed by atoms with Crippen molar-refractivity contribution in [3.63, 3.8) is 0 Å². The Morgan fingerprint density at radius 2 is 0.889 bits per heavy atom. The summed E-state index contributed by atoms with van der Waals surface area (Å²) in [7, 11) is 0. The maximum atomic E-state index is 11.8. The molecule has 6 heteroatoms. The Balaban J connectivity index is 0.00000890. The van der Waals surface area contributed by atoms with E-state index in [2.05, 4.69) is 344 Å². The van der Waals surface area contributed by atoms with E-state index in [1.165, 1.54) is 55.6 Å². The van der Waals surface area contributed by atoms with Gasteiger partial charge in [0.25, 0.3) is 0 Å². The number of aromatic hydroxyl groups is 1. The summed E-state index contributed by atoms with van der Waals surface area (Å²) in [6.07, 6.45) is 1.62. The summed E-state index contributed by atoms with van der Waals surface area (Å²) in [5.74, 6) is 0.911. The first kappa shape index (κ1) is 71.0. The molecule has 0 atom stereocenters. The third-order valence-corrected chi connectivity index (χ3v) is 22.4. The zero-order chi connectivity index (χ0) is 74.1. The van der Waals surface area contributed by atoms with E-state index < -0.39 is 0 Å². The van der Waals surface area contributed by atoms with Gasteiger partial charge in [0.1, 0.15) is 17.0 Å². The number of benzene rings is 13. The van der Waals surface area contributed by atoms with E-state index in [1.807, 2.05) is 6.07 Å². The molecule has 13 aromatic carbocycles. The monoisotopic (exact) mass is 1580 g/mol. The minimum atomic E-state index is -0.210. The van der Waals surface area contributed by atoms with Crippen LogP contribution in [-0.2, 0) is 44.7 Å². The molecule has 16 aromatic rings. The van der Waals surface area contributed by atoms with Crippen LogP contribution in [0, 0.1) is 61.5 Å². The molecule has 534 valence electrons. The van der Waals surface area contributed by atoms with Crippen molar-refractivity contribution in [3.05, 3.63) is 322 Å². The van der Waals surface area contributed by atoms with Gasteiger partial charge in [0.15, 0.2) is 5.82 Å². The number of hydrogen-bond acceptors (Lipinski definition) is 4. The number of para-hydroxylation sites is 2. The standard InChI is InChI=1S/C102H88N3O2.Pt/c1-59-47-63(5)90(64(6)48-59)81-37-26-38-82(91-65(7)49-60(2)50-66(91)8)95(81)83-44-46-86-98(104-100(105(86)99-61(3)27-23-28-62(99)4)85-45-43-70-42-41-69-33-24-39-87(106)93(69)97(70)103-85)92(83)75-57-84(96-80-34-21-22-40-88(80)107-89(96)58-75)94-78(73-51-71(67-29-17-15-18-30-67)53-76(55-73)101(9,10)11)35-25-36-79(94)74-52-72(68-31-19-16-20-32-68)54-77(56-74)102(12,13)14;/h15-40,43-56,58,106H,41-42H2,1-14H3;/q-1;. The molecule has 3 heterocycles. The van der Waals surface area contributed by atoms with E-state index in [0.717, 1.165) is 174 Å². The van der Waals surface area contributed by atoms with Gasteiger partial charge in [0, 0.05) is 26.6 Å². The maximum Gasteiger partial charge on any atom is 0.163 e. The number of aryl methyl sites for hydroxylation is 10. The van der Waals surface area contributed by atoms with Crippen molar-refractivity contribution in [1.82, 2.24) is 14.5 Å². The first-order chi connectivity index (χ1) is 51.5. The van der Waals surface area contributed by atoms with Gasteiger partial charge in [-0.15, -0.1) is 17.2 Å². The fourth-order valence-corrected chi connectivity index (χ4v) is 17.5. The van der Waals surface area contributed by atoms with Crippen molar-refractivity contribution in [2.75, 3.05) is 0 Å². The summed E-state index contributed by atoms with van der Waals surface area (Å²) >= 11 is 0. The molecule has 0 bridgehead atoms. The summed E-state index contributed by atoms with van der Waals surface area (Å²) in [5, 5.41) is 13.8. The first-order valence-electron chi connectivity index (χ1n) is 37.7. The summed E-state index contributed by atoms with van der Waals surface area (Å²) in [4.78, 5) is 11.9. The van der Waals surface area contributed by atoms with E-state index in [0.29, 0.717) is 11.5 Å². The van der Waals surface area contributed by atoms with Crippen molar-refractivity contribution >= 4 is 33.0 Å². The Morgan fingerprint density at radius 1 is 0.389 bits per heavy atom. The minimum absolute atomic E-state index is 0. The van der Waals surface area contributed by atoms with Gasteiger partial charge in [-0.3, -0.25) is 4.57 Å². The third-order valence-electron chi connectivity index (χ3n) is 22.4. The van der Waals surface area contributed by atoms with Gasteiger partial charge < -0.3 is 9.52 Å². The van der Waals surface area contributed by atoms with Gasteiger partial charge in [-0.2, -0.15) is 0 Å². The number of phenols is 1. The molecular weight excluding hydrogens is 1490 g/mol. The number of imidazole rings is 1. The minimum Gasteiger partial charge on any atom is -0.507 e. The van der Waals surface area contributed by atoms with Crippen LogP contribution in [0.15, 0.2) is 253 Å². The first-order valence-corrected chi connectivity index (χ1v) is 37.7. The summed E-state index contributed by atoms with van der Waals surface area (Å²) < 4.78 is 9.85. The van der Waals surface area contributed by atoms with Gasteiger partial charge in [0.2, 0.25) is 0 Å². The Kier molecular flexibility index (Phi) is 18.1. The van der Waals surface area contributed by atoms with E-state index >= 15 is 0 Å². The van der Waals surface area contributed by atoms with Crippen molar-refractivity contribution in [3.8, 4) is 134 Å². The number of rotatable bonds is 11. The number of phenolic OH excluding ortho intramolecular Hbond substituents is 1. The van der Waals surface area contributed by atoms with Crippen LogP contribution in [0.25, 0.3) is 162 Å². The molecule has 1 aliphatic rings. The van der Waals surface area contributed by atoms with Crippen LogP contribution in [0.3, 0.4) is 0 Å². The fraction of sp³-hybridized carbons (Fsp3) is 0.176. The number of fused-ring (bicyclic) bond motifs is 7. The van der Waals surface area contributed by atoms with E-state index in [4.69, 9.17) is 14.4 Å². The molecular formula is C102H88N3O2Pt-. The molecule has 17 rings (SSSR count). The van der Waals surface area contributed by atoms with Crippen LogP contribution in [0.4, 0.5) is 0 Å². The number of pyridine rings is 1. The molecule has 3 aromatic heterocycles. The van der Waals surface area contributed by atoms with E-state index in [1.54, 1.807) is 6.07 Å². The van der Waals surface area contributed by atoms with Crippen LogP contribution in [0.1, 0.15) is 108 Å². The maximum absolute atomic E-state index is 11.8. The molecule has 0 aliphatic heterocycles. The molecule has 0 radical (unpaired) electrons. The van der Waals surface area contributed by atoms with Crippen LogP contribution < -0.4 is 0 Å². The van der Waals surface area contributed by atoms with Gasteiger partial charge in [-0.05, 0) is 265 Å². The Labute approximate surface area is 650 Å². The molecule has 5 nitrogen and oxygen atoms in total. The van der Waals surface area contributed by atoms with Crippen LogP contribution in [0.5, 0.6) is 5.75 Å². The van der Waals surface area contributed by atoms with Crippen molar-refractivity contribution in [2.24, 2.45) is 0 Å². The average molecular weight is 1580 g/mol. The molecule has 0 saturated carbocycles. The van der Waals surface area contributed by atoms with Crippen LogP contribution in [0.2, 0.25) is 0 Å².